The minimum absolute atomic E-state index is 0.103. The maximum Gasteiger partial charge on any atom is 0.255 e. The number of carbonyl (C=O) groups is 2. The molecule has 0 radical (unpaired) electrons. The summed E-state index contributed by atoms with van der Waals surface area (Å²) < 4.78 is 7.32. The highest BCUT2D eigenvalue weighted by Gasteiger charge is 2.34. The zero-order valence-electron chi connectivity index (χ0n) is 17.5. The maximum absolute atomic E-state index is 13.0. The van der Waals surface area contributed by atoms with Crippen LogP contribution in [0, 0.1) is 0 Å². The van der Waals surface area contributed by atoms with E-state index in [0.717, 1.165) is 22.4 Å². The van der Waals surface area contributed by atoms with Gasteiger partial charge < -0.3 is 19.5 Å². The Bertz CT molecular complexity index is 1090. The quantitative estimate of drug-likeness (QED) is 0.655. The van der Waals surface area contributed by atoms with Gasteiger partial charge in [-0.2, -0.15) is 0 Å². The van der Waals surface area contributed by atoms with E-state index >= 15 is 0 Å². The van der Waals surface area contributed by atoms with Crippen molar-refractivity contribution in [3.8, 4) is 0 Å². The number of aromatic nitrogens is 2. The first-order valence-corrected chi connectivity index (χ1v) is 10.1. The van der Waals surface area contributed by atoms with Crippen LogP contribution in [0.5, 0.6) is 0 Å². The van der Waals surface area contributed by atoms with Crippen molar-refractivity contribution < 1.29 is 14.3 Å². The number of rotatable bonds is 7. The molecule has 1 N–H and O–H groups in total. The van der Waals surface area contributed by atoms with E-state index in [0.29, 0.717) is 25.3 Å². The number of nitrogens with zero attached hydrogens (tertiary/aromatic N) is 3. The summed E-state index contributed by atoms with van der Waals surface area (Å²) >= 11 is 0. The number of methoxy groups -OCH3 is 1. The van der Waals surface area contributed by atoms with E-state index < -0.39 is 6.04 Å². The van der Waals surface area contributed by atoms with Crippen molar-refractivity contribution in [3.05, 3.63) is 65.5 Å². The van der Waals surface area contributed by atoms with Gasteiger partial charge in [-0.1, -0.05) is 30.3 Å². The van der Waals surface area contributed by atoms with E-state index in [1.165, 1.54) is 0 Å². The second-order valence-corrected chi connectivity index (χ2v) is 7.60. The average molecular weight is 406 g/mol. The Morgan fingerprint density at radius 3 is 2.67 bits per heavy atom. The summed E-state index contributed by atoms with van der Waals surface area (Å²) in [7, 11) is 1.66. The molecule has 156 valence electrons. The summed E-state index contributed by atoms with van der Waals surface area (Å²) in [5.74, 6) is 0.465. The average Bonchev–Trinajstić information content (AvgIpc) is 3.30. The fraction of sp³-hybridized carbons (Fsp3) is 0.348. The monoisotopic (exact) mass is 406 g/mol. The third-order valence-corrected chi connectivity index (χ3v) is 5.65. The Kier molecular flexibility index (Phi) is 5.55. The number of hydrogen-bond donors (Lipinski definition) is 1. The zero-order valence-corrected chi connectivity index (χ0v) is 17.5. The number of ether oxygens (including phenoxy) is 1. The van der Waals surface area contributed by atoms with Crippen molar-refractivity contribution in [2.24, 2.45) is 0 Å². The summed E-state index contributed by atoms with van der Waals surface area (Å²) in [6.07, 6.45) is 0. The van der Waals surface area contributed by atoms with Gasteiger partial charge in [0.25, 0.3) is 5.91 Å². The predicted octanol–water partition coefficient (Wildman–Crippen LogP) is 2.90. The smallest absolute Gasteiger partial charge is 0.255 e. The molecule has 0 aliphatic carbocycles. The van der Waals surface area contributed by atoms with E-state index in [-0.39, 0.29) is 17.9 Å². The molecule has 1 aliphatic heterocycles. The molecule has 0 bridgehead atoms. The molecule has 0 saturated heterocycles. The molecular weight excluding hydrogens is 380 g/mol. The van der Waals surface area contributed by atoms with Crippen molar-refractivity contribution in [1.29, 1.82) is 0 Å². The second-order valence-electron chi connectivity index (χ2n) is 7.60. The fourth-order valence-electron chi connectivity index (χ4n) is 3.97. The van der Waals surface area contributed by atoms with Gasteiger partial charge in [0.2, 0.25) is 5.91 Å². The van der Waals surface area contributed by atoms with Gasteiger partial charge in [0.1, 0.15) is 11.9 Å². The molecule has 7 heteroatoms. The van der Waals surface area contributed by atoms with Crippen LogP contribution in [0.25, 0.3) is 11.0 Å². The standard InChI is InChI=1S/C23H26N4O3/c1-15(21-25-19-10-6-7-11-20(19)26(21)12-13-30-3)24-22(28)16(2)27-14-17-8-4-5-9-18(17)23(27)29/h4-11,15-16H,12-14H2,1-3H3,(H,24,28)/t15-,16-/m0/s1. The van der Waals surface area contributed by atoms with E-state index in [9.17, 15) is 9.59 Å². The Morgan fingerprint density at radius 1 is 1.17 bits per heavy atom. The van der Waals surface area contributed by atoms with Gasteiger partial charge in [0, 0.05) is 25.8 Å². The summed E-state index contributed by atoms with van der Waals surface area (Å²) in [5.41, 5.74) is 3.51. The molecule has 2 amide bonds. The lowest BCUT2D eigenvalue weighted by Crippen LogP contribution is -2.46. The van der Waals surface area contributed by atoms with Gasteiger partial charge in [-0.25, -0.2) is 4.98 Å². The largest absolute Gasteiger partial charge is 0.383 e. The van der Waals surface area contributed by atoms with Gasteiger partial charge in [0.05, 0.1) is 23.7 Å². The second kappa shape index (κ2) is 8.28. The van der Waals surface area contributed by atoms with Gasteiger partial charge in [0.15, 0.2) is 0 Å². The Balaban J connectivity index is 1.52. The van der Waals surface area contributed by atoms with Crippen molar-refractivity contribution in [2.45, 2.75) is 39.0 Å². The number of imidazole rings is 1. The Morgan fingerprint density at radius 2 is 1.90 bits per heavy atom. The molecular formula is C23H26N4O3. The first kappa shape index (κ1) is 20.1. The molecule has 0 spiro atoms. The van der Waals surface area contributed by atoms with Crippen LogP contribution in [0.3, 0.4) is 0 Å². The molecule has 0 unspecified atom stereocenters. The summed E-state index contributed by atoms with van der Waals surface area (Å²) in [5, 5.41) is 3.04. The number of nitrogens with one attached hydrogen (secondary N) is 1. The highest BCUT2D eigenvalue weighted by molar-refractivity contribution is 6.01. The third-order valence-electron chi connectivity index (χ3n) is 5.65. The van der Waals surface area contributed by atoms with Crippen LogP contribution in [0.1, 0.15) is 41.6 Å². The van der Waals surface area contributed by atoms with Crippen molar-refractivity contribution in [1.82, 2.24) is 19.8 Å². The lowest BCUT2D eigenvalue weighted by molar-refractivity contribution is -0.125. The van der Waals surface area contributed by atoms with Crippen LogP contribution in [0.2, 0.25) is 0 Å². The number of hydrogen-bond acceptors (Lipinski definition) is 4. The van der Waals surface area contributed by atoms with Crippen LogP contribution in [-0.4, -0.2) is 46.0 Å². The molecule has 2 atom stereocenters. The van der Waals surface area contributed by atoms with Gasteiger partial charge in [-0.15, -0.1) is 0 Å². The van der Waals surface area contributed by atoms with E-state index in [2.05, 4.69) is 9.88 Å². The normalized spacial score (nSPS) is 15.3. The molecule has 0 fully saturated rings. The van der Waals surface area contributed by atoms with Crippen molar-refractivity contribution >= 4 is 22.8 Å². The van der Waals surface area contributed by atoms with Gasteiger partial charge >= 0.3 is 0 Å². The molecule has 1 aromatic heterocycles. The zero-order chi connectivity index (χ0) is 21.3. The molecule has 4 rings (SSSR count). The lowest BCUT2D eigenvalue weighted by Gasteiger charge is -2.25. The highest BCUT2D eigenvalue weighted by atomic mass is 16.5. The fourth-order valence-corrected chi connectivity index (χ4v) is 3.97. The molecule has 2 heterocycles. The van der Waals surface area contributed by atoms with E-state index in [1.54, 1.807) is 18.9 Å². The van der Waals surface area contributed by atoms with Gasteiger partial charge in [-0.05, 0) is 37.6 Å². The Hall–Kier alpha value is -3.19. The minimum atomic E-state index is -0.579. The number of fused-ring (bicyclic) bond motifs is 2. The summed E-state index contributed by atoms with van der Waals surface area (Å²) in [4.78, 5) is 32.0. The van der Waals surface area contributed by atoms with Crippen molar-refractivity contribution in [2.75, 3.05) is 13.7 Å². The minimum Gasteiger partial charge on any atom is -0.383 e. The topological polar surface area (TPSA) is 76.5 Å². The molecule has 1 aliphatic rings. The number of carbonyl (C=O) groups excluding carboxylic acids is 2. The van der Waals surface area contributed by atoms with Crippen LogP contribution in [0.15, 0.2) is 48.5 Å². The highest BCUT2D eigenvalue weighted by Crippen LogP contribution is 2.25. The van der Waals surface area contributed by atoms with Crippen LogP contribution in [0.4, 0.5) is 0 Å². The lowest BCUT2D eigenvalue weighted by atomic mass is 10.1. The predicted molar refractivity (Wildman–Crippen MR) is 114 cm³/mol. The first-order chi connectivity index (χ1) is 14.5. The van der Waals surface area contributed by atoms with Crippen LogP contribution < -0.4 is 5.32 Å². The molecule has 30 heavy (non-hydrogen) atoms. The third kappa shape index (κ3) is 3.57. The van der Waals surface area contributed by atoms with Crippen molar-refractivity contribution in [3.63, 3.8) is 0 Å². The number of benzene rings is 2. The van der Waals surface area contributed by atoms with Gasteiger partial charge in [-0.3, -0.25) is 9.59 Å². The molecule has 0 saturated carbocycles. The first-order valence-electron chi connectivity index (χ1n) is 10.1. The van der Waals surface area contributed by atoms with E-state index in [4.69, 9.17) is 9.72 Å². The SMILES string of the molecule is COCCn1c([C@H](C)NC(=O)[C@H](C)N2Cc3ccccc3C2=O)nc2ccccc21. The molecule has 7 nitrogen and oxygen atoms in total. The van der Waals surface area contributed by atoms with E-state index in [1.807, 2.05) is 55.5 Å². The number of amides is 2. The summed E-state index contributed by atoms with van der Waals surface area (Å²) in [6.45, 7) is 5.31. The number of para-hydroxylation sites is 2. The maximum atomic E-state index is 13.0. The van der Waals surface area contributed by atoms with Crippen LogP contribution in [-0.2, 0) is 22.6 Å². The Labute approximate surface area is 175 Å². The molecule has 2 aromatic carbocycles. The van der Waals surface area contributed by atoms with Crippen LogP contribution >= 0.6 is 0 Å². The molecule has 3 aromatic rings. The summed E-state index contributed by atoms with van der Waals surface area (Å²) in [6, 6.07) is 14.5.